The molecule has 4 nitrogen and oxygen atoms in total. The van der Waals surface area contributed by atoms with Crippen molar-refractivity contribution in [2.24, 2.45) is 11.3 Å². The molecular weight excluding hydrogens is 228 g/mol. The van der Waals surface area contributed by atoms with Gasteiger partial charge in [-0.1, -0.05) is 20.8 Å². The standard InChI is InChI=1S/C14H28N2O2/c1-10(14(2,3)4)15-13(18)16-12-7-5-11(9-17)6-8-12/h10-12,17H,5-9H2,1-4H3,(H2,15,16,18). The van der Waals surface area contributed by atoms with Gasteiger partial charge in [0.25, 0.3) is 0 Å². The molecule has 0 aliphatic heterocycles. The minimum atomic E-state index is -0.0649. The minimum Gasteiger partial charge on any atom is -0.396 e. The van der Waals surface area contributed by atoms with Crippen LogP contribution >= 0.6 is 0 Å². The van der Waals surface area contributed by atoms with Gasteiger partial charge in [-0.25, -0.2) is 4.79 Å². The number of carbonyl (C=O) groups is 1. The van der Waals surface area contributed by atoms with Gasteiger partial charge in [-0.3, -0.25) is 0 Å². The van der Waals surface area contributed by atoms with Crippen LogP contribution in [0.15, 0.2) is 0 Å². The molecule has 0 spiro atoms. The van der Waals surface area contributed by atoms with Crippen molar-refractivity contribution in [3.8, 4) is 0 Å². The van der Waals surface area contributed by atoms with Gasteiger partial charge in [0, 0.05) is 18.7 Å². The fraction of sp³-hybridized carbons (Fsp3) is 0.929. The third-order valence-corrected chi connectivity index (χ3v) is 4.09. The number of nitrogens with one attached hydrogen (secondary N) is 2. The van der Waals surface area contributed by atoms with Gasteiger partial charge in [0.2, 0.25) is 0 Å². The number of urea groups is 1. The Morgan fingerprint density at radius 3 is 2.28 bits per heavy atom. The monoisotopic (exact) mass is 256 g/mol. The topological polar surface area (TPSA) is 61.4 Å². The summed E-state index contributed by atoms with van der Waals surface area (Å²) < 4.78 is 0. The molecule has 1 rings (SSSR count). The second-order valence-electron chi connectivity index (χ2n) is 6.61. The van der Waals surface area contributed by atoms with Crippen molar-refractivity contribution in [2.45, 2.75) is 65.5 Å². The Kier molecular flexibility index (Phi) is 5.45. The van der Waals surface area contributed by atoms with Crippen LogP contribution in [0.5, 0.6) is 0 Å². The Hall–Kier alpha value is -0.770. The third kappa shape index (κ3) is 4.84. The summed E-state index contributed by atoms with van der Waals surface area (Å²) in [6.45, 7) is 8.65. The highest BCUT2D eigenvalue weighted by Gasteiger charge is 2.25. The van der Waals surface area contributed by atoms with E-state index >= 15 is 0 Å². The summed E-state index contributed by atoms with van der Waals surface area (Å²) in [5.74, 6) is 0.430. The van der Waals surface area contributed by atoms with Crippen molar-refractivity contribution in [3.05, 3.63) is 0 Å². The molecule has 1 fully saturated rings. The molecular formula is C14H28N2O2. The van der Waals surface area contributed by atoms with Crippen LogP contribution in [-0.4, -0.2) is 29.8 Å². The highest BCUT2D eigenvalue weighted by molar-refractivity contribution is 5.74. The molecule has 0 saturated heterocycles. The molecule has 0 radical (unpaired) electrons. The molecule has 0 aromatic heterocycles. The zero-order chi connectivity index (χ0) is 13.8. The summed E-state index contributed by atoms with van der Waals surface area (Å²) in [4.78, 5) is 11.8. The van der Waals surface area contributed by atoms with Crippen molar-refractivity contribution in [1.29, 1.82) is 0 Å². The van der Waals surface area contributed by atoms with E-state index < -0.39 is 0 Å². The van der Waals surface area contributed by atoms with E-state index in [2.05, 4.69) is 31.4 Å². The van der Waals surface area contributed by atoms with Crippen LogP contribution in [0.3, 0.4) is 0 Å². The van der Waals surface area contributed by atoms with Crippen LogP contribution in [-0.2, 0) is 0 Å². The van der Waals surface area contributed by atoms with Crippen LogP contribution in [0.4, 0.5) is 4.79 Å². The summed E-state index contributed by atoms with van der Waals surface area (Å²) in [5.41, 5.74) is 0.0753. The van der Waals surface area contributed by atoms with Crippen LogP contribution in [0.25, 0.3) is 0 Å². The van der Waals surface area contributed by atoms with Crippen molar-refractivity contribution < 1.29 is 9.90 Å². The lowest BCUT2D eigenvalue weighted by Gasteiger charge is -2.31. The molecule has 2 amide bonds. The van der Waals surface area contributed by atoms with Crippen molar-refractivity contribution in [1.82, 2.24) is 10.6 Å². The number of amides is 2. The highest BCUT2D eigenvalue weighted by Crippen LogP contribution is 2.23. The normalized spacial score (nSPS) is 26.5. The first-order valence-corrected chi connectivity index (χ1v) is 7.00. The van der Waals surface area contributed by atoms with E-state index in [4.69, 9.17) is 5.11 Å². The van der Waals surface area contributed by atoms with E-state index in [1.54, 1.807) is 0 Å². The Morgan fingerprint density at radius 2 is 1.83 bits per heavy atom. The Balaban J connectivity index is 2.29. The fourth-order valence-corrected chi connectivity index (χ4v) is 2.13. The molecule has 0 aromatic rings. The summed E-state index contributed by atoms with van der Waals surface area (Å²) in [6, 6.07) is 0.344. The third-order valence-electron chi connectivity index (χ3n) is 4.09. The van der Waals surface area contributed by atoms with Gasteiger partial charge in [-0.05, 0) is 43.9 Å². The Labute approximate surface area is 111 Å². The van der Waals surface area contributed by atoms with Crippen LogP contribution < -0.4 is 10.6 Å². The lowest BCUT2D eigenvalue weighted by atomic mass is 9.86. The molecule has 1 aliphatic rings. The average Bonchev–Trinajstić information content (AvgIpc) is 2.28. The summed E-state index contributed by atoms with van der Waals surface area (Å²) in [5, 5.41) is 15.1. The van der Waals surface area contributed by atoms with Gasteiger partial charge in [-0.15, -0.1) is 0 Å². The van der Waals surface area contributed by atoms with E-state index in [1.165, 1.54) is 0 Å². The van der Waals surface area contributed by atoms with Gasteiger partial charge in [0.15, 0.2) is 0 Å². The summed E-state index contributed by atoms with van der Waals surface area (Å²) >= 11 is 0. The SMILES string of the molecule is CC(NC(=O)NC1CCC(CO)CC1)C(C)(C)C. The molecule has 0 heterocycles. The van der Waals surface area contributed by atoms with Gasteiger partial charge in [0.1, 0.15) is 0 Å². The number of aliphatic hydroxyl groups is 1. The predicted octanol–water partition coefficient (Wildman–Crippen LogP) is 2.27. The number of carbonyl (C=O) groups excluding carboxylic acids is 1. The quantitative estimate of drug-likeness (QED) is 0.725. The maximum atomic E-state index is 11.8. The van der Waals surface area contributed by atoms with Gasteiger partial charge >= 0.3 is 6.03 Å². The Morgan fingerprint density at radius 1 is 1.28 bits per heavy atom. The van der Waals surface area contributed by atoms with Gasteiger partial charge in [0.05, 0.1) is 0 Å². The first kappa shape index (κ1) is 15.3. The second-order valence-corrected chi connectivity index (χ2v) is 6.61. The number of hydrogen-bond acceptors (Lipinski definition) is 2. The number of hydrogen-bond donors (Lipinski definition) is 3. The van der Waals surface area contributed by atoms with Crippen molar-refractivity contribution >= 4 is 6.03 Å². The zero-order valence-corrected chi connectivity index (χ0v) is 12.1. The second kappa shape index (κ2) is 6.41. The first-order valence-electron chi connectivity index (χ1n) is 7.00. The van der Waals surface area contributed by atoms with Crippen molar-refractivity contribution in [3.63, 3.8) is 0 Å². The van der Waals surface area contributed by atoms with Gasteiger partial charge < -0.3 is 15.7 Å². The van der Waals surface area contributed by atoms with Crippen LogP contribution in [0, 0.1) is 11.3 Å². The maximum Gasteiger partial charge on any atom is 0.315 e. The molecule has 18 heavy (non-hydrogen) atoms. The molecule has 1 unspecified atom stereocenters. The van der Waals surface area contributed by atoms with Gasteiger partial charge in [-0.2, -0.15) is 0 Å². The maximum absolute atomic E-state index is 11.8. The molecule has 106 valence electrons. The zero-order valence-electron chi connectivity index (χ0n) is 12.1. The molecule has 1 aliphatic carbocycles. The fourth-order valence-electron chi connectivity index (χ4n) is 2.13. The van der Waals surface area contributed by atoms with Crippen molar-refractivity contribution in [2.75, 3.05) is 6.61 Å². The van der Waals surface area contributed by atoms with E-state index in [1.807, 2.05) is 6.92 Å². The molecule has 3 N–H and O–H groups in total. The van der Waals surface area contributed by atoms with E-state index in [-0.39, 0.29) is 30.1 Å². The molecule has 4 heteroatoms. The van der Waals surface area contributed by atoms with Crippen LogP contribution in [0.2, 0.25) is 0 Å². The van der Waals surface area contributed by atoms with Crippen LogP contribution in [0.1, 0.15) is 53.4 Å². The molecule has 0 bridgehead atoms. The molecule has 1 atom stereocenters. The predicted molar refractivity (Wildman–Crippen MR) is 73.4 cm³/mol. The highest BCUT2D eigenvalue weighted by atomic mass is 16.3. The molecule has 1 saturated carbocycles. The smallest absolute Gasteiger partial charge is 0.315 e. The summed E-state index contributed by atoms with van der Waals surface area (Å²) in [7, 11) is 0. The number of rotatable bonds is 3. The minimum absolute atomic E-state index is 0.0649. The lowest BCUT2D eigenvalue weighted by Crippen LogP contribution is -2.49. The van der Waals surface area contributed by atoms with E-state index in [9.17, 15) is 4.79 Å². The van der Waals surface area contributed by atoms with E-state index in [0.29, 0.717) is 5.92 Å². The Bertz CT molecular complexity index is 265. The molecule has 0 aromatic carbocycles. The number of aliphatic hydroxyl groups excluding tert-OH is 1. The first-order chi connectivity index (χ1) is 8.32. The lowest BCUT2D eigenvalue weighted by molar-refractivity contribution is 0.172. The summed E-state index contributed by atoms with van der Waals surface area (Å²) in [6.07, 6.45) is 3.97. The largest absolute Gasteiger partial charge is 0.396 e. The average molecular weight is 256 g/mol. The van der Waals surface area contributed by atoms with E-state index in [0.717, 1.165) is 25.7 Å².